The summed E-state index contributed by atoms with van der Waals surface area (Å²) in [6, 6.07) is 2.03. The first-order chi connectivity index (χ1) is 6.59. The smallest absolute Gasteiger partial charge is 0.106 e. The molecule has 1 aromatic rings. The molecule has 0 amide bonds. The number of pyridine rings is 1. The molecule has 0 aliphatic heterocycles. The standard InChI is InChI=1S/C11H16BrNO/c1-8(2)14-5-4-10-7-13-11(12)6-9(10)3/h6-8H,4-5H2,1-3H3. The predicted molar refractivity (Wildman–Crippen MR) is 61.5 cm³/mol. The second kappa shape index (κ2) is 5.47. The molecule has 1 heterocycles. The number of hydrogen-bond acceptors (Lipinski definition) is 2. The number of hydrogen-bond donors (Lipinski definition) is 0. The van der Waals surface area contributed by atoms with E-state index in [9.17, 15) is 0 Å². The van der Waals surface area contributed by atoms with E-state index < -0.39 is 0 Å². The molecule has 78 valence electrons. The van der Waals surface area contributed by atoms with Crippen molar-refractivity contribution in [1.29, 1.82) is 0 Å². The van der Waals surface area contributed by atoms with E-state index in [0.29, 0.717) is 6.10 Å². The van der Waals surface area contributed by atoms with Gasteiger partial charge in [0.25, 0.3) is 0 Å². The summed E-state index contributed by atoms with van der Waals surface area (Å²) in [5, 5.41) is 0. The van der Waals surface area contributed by atoms with Gasteiger partial charge in [0.05, 0.1) is 12.7 Å². The topological polar surface area (TPSA) is 22.1 Å². The van der Waals surface area contributed by atoms with Crippen LogP contribution in [0.4, 0.5) is 0 Å². The Kier molecular flexibility index (Phi) is 4.55. The minimum atomic E-state index is 0.304. The minimum absolute atomic E-state index is 0.304. The van der Waals surface area contributed by atoms with Crippen LogP contribution in [0.5, 0.6) is 0 Å². The van der Waals surface area contributed by atoms with Gasteiger partial charge in [-0.2, -0.15) is 0 Å². The van der Waals surface area contributed by atoms with E-state index in [1.54, 1.807) is 0 Å². The lowest BCUT2D eigenvalue weighted by Crippen LogP contribution is -2.07. The van der Waals surface area contributed by atoms with Gasteiger partial charge in [0.1, 0.15) is 4.60 Å². The molecule has 0 N–H and O–H groups in total. The molecule has 0 fully saturated rings. The molecule has 0 saturated heterocycles. The fraction of sp³-hybridized carbons (Fsp3) is 0.545. The summed E-state index contributed by atoms with van der Waals surface area (Å²) in [5.41, 5.74) is 2.52. The molecule has 0 aromatic carbocycles. The van der Waals surface area contributed by atoms with Crippen molar-refractivity contribution < 1.29 is 4.74 Å². The third-order valence-corrected chi connectivity index (χ3v) is 2.44. The number of aryl methyl sites for hydroxylation is 1. The lowest BCUT2D eigenvalue weighted by molar-refractivity contribution is 0.0812. The summed E-state index contributed by atoms with van der Waals surface area (Å²) in [7, 11) is 0. The molecule has 0 aliphatic rings. The van der Waals surface area contributed by atoms with E-state index in [0.717, 1.165) is 17.6 Å². The highest BCUT2D eigenvalue weighted by molar-refractivity contribution is 9.10. The van der Waals surface area contributed by atoms with Gasteiger partial charge in [0, 0.05) is 6.20 Å². The van der Waals surface area contributed by atoms with Gasteiger partial charge in [-0.1, -0.05) is 0 Å². The van der Waals surface area contributed by atoms with Gasteiger partial charge in [-0.25, -0.2) is 4.98 Å². The second-order valence-electron chi connectivity index (χ2n) is 3.60. The summed E-state index contributed by atoms with van der Waals surface area (Å²) in [4.78, 5) is 4.20. The van der Waals surface area contributed by atoms with Gasteiger partial charge >= 0.3 is 0 Å². The maximum atomic E-state index is 5.49. The second-order valence-corrected chi connectivity index (χ2v) is 4.42. The fourth-order valence-electron chi connectivity index (χ4n) is 1.22. The van der Waals surface area contributed by atoms with Crippen LogP contribution in [-0.4, -0.2) is 17.7 Å². The number of halogens is 1. The minimum Gasteiger partial charge on any atom is -0.378 e. The monoisotopic (exact) mass is 257 g/mol. The van der Waals surface area contributed by atoms with Crippen LogP contribution >= 0.6 is 15.9 Å². The van der Waals surface area contributed by atoms with E-state index in [4.69, 9.17) is 4.74 Å². The van der Waals surface area contributed by atoms with Crippen LogP contribution in [-0.2, 0) is 11.2 Å². The normalized spacial score (nSPS) is 10.9. The van der Waals surface area contributed by atoms with Crippen molar-refractivity contribution in [3.63, 3.8) is 0 Å². The Morgan fingerprint density at radius 3 is 2.79 bits per heavy atom. The summed E-state index contributed by atoms with van der Waals surface area (Å²) < 4.78 is 6.38. The highest BCUT2D eigenvalue weighted by Crippen LogP contribution is 2.13. The molecule has 3 heteroatoms. The first-order valence-corrected chi connectivity index (χ1v) is 5.61. The zero-order chi connectivity index (χ0) is 10.6. The van der Waals surface area contributed by atoms with Gasteiger partial charge in [0.2, 0.25) is 0 Å². The van der Waals surface area contributed by atoms with Crippen LogP contribution < -0.4 is 0 Å². The summed E-state index contributed by atoms with van der Waals surface area (Å²) in [6.07, 6.45) is 3.15. The molecule has 0 aliphatic carbocycles. The summed E-state index contributed by atoms with van der Waals surface area (Å²) in [5.74, 6) is 0. The van der Waals surface area contributed by atoms with Gasteiger partial charge in [0.15, 0.2) is 0 Å². The van der Waals surface area contributed by atoms with Crippen LogP contribution in [0.1, 0.15) is 25.0 Å². The van der Waals surface area contributed by atoms with Crippen molar-refractivity contribution in [3.8, 4) is 0 Å². The zero-order valence-electron chi connectivity index (χ0n) is 8.88. The molecule has 0 spiro atoms. The van der Waals surface area contributed by atoms with Crippen molar-refractivity contribution in [2.45, 2.75) is 33.3 Å². The first kappa shape index (κ1) is 11.7. The van der Waals surface area contributed by atoms with E-state index >= 15 is 0 Å². The number of ether oxygens (including phenoxy) is 1. The van der Waals surface area contributed by atoms with Gasteiger partial charge in [-0.05, 0) is 60.3 Å². The molecule has 1 rings (SSSR count). The Morgan fingerprint density at radius 1 is 1.50 bits per heavy atom. The highest BCUT2D eigenvalue weighted by Gasteiger charge is 2.01. The van der Waals surface area contributed by atoms with Crippen LogP contribution in [0.25, 0.3) is 0 Å². The van der Waals surface area contributed by atoms with Gasteiger partial charge in [-0.3, -0.25) is 0 Å². The lowest BCUT2D eigenvalue weighted by Gasteiger charge is -2.08. The molecular weight excluding hydrogens is 242 g/mol. The number of rotatable bonds is 4. The largest absolute Gasteiger partial charge is 0.378 e. The summed E-state index contributed by atoms with van der Waals surface area (Å²) >= 11 is 3.35. The molecule has 0 atom stereocenters. The Morgan fingerprint density at radius 2 is 2.21 bits per heavy atom. The third kappa shape index (κ3) is 3.76. The van der Waals surface area contributed by atoms with Crippen molar-refractivity contribution in [1.82, 2.24) is 4.98 Å². The van der Waals surface area contributed by atoms with Crippen LogP contribution in [0.3, 0.4) is 0 Å². The van der Waals surface area contributed by atoms with Crippen molar-refractivity contribution in [2.24, 2.45) is 0 Å². The van der Waals surface area contributed by atoms with Crippen molar-refractivity contribution in [2.75, 3.05) is 6.61 Å². The van der Waals surface area contributed by atoms with Crippen LogP contribution in [0, 0.1) is 6.92 Å². The highest BCUT2D eigenvalue weighted by atomic mass is 79.9. The first-order valence-electron chi connectivity index (χ1n) is 4.82. The predicted octanol–water partition coefficient (Wildman–Crippen LogP) is 3.12. The van der Waals surface area contributed by atoms with Crippen LogP contribution in [0.2, 0.25) is 0 Å². The Hall–Kier alpha value is -0.410. The molecule has 0 unspecified atom stereocenters. The molecule has 0 saturated carbocycles. The molecule has 14 heavy (non-hydrogen) atoms. The van der Waals surface area contributed by atoms with Crippen molar-refractivity contribution in [3.05, 3.63) is 28.0 Å². The molecule has 1 aromatic heterocycles. The fourth-order valence-corrected chi connectivity index (χ4v) is 1.66. The van der Waals surface area contributed by atoms with Crippen molar-refractivity contribution >= 4 is 15.9 Å². The number of nitrogens with zero attached hydrogens (tertiary/aromatic N) is 1. The quantitative estimate of drug-likeness (QED) is 0.774. The zero-order valence-corrected chi connectivity index (χ0v) is 10.5. The van der Waals surface area contributed by atoms with E-state index in [1.165, 1.54) is 11.1 Å². The molecular formula is C11H16BrNO. The third-order valence-electron chi connectivity index (χ3n) is 2.01. The lowest BCUT2D eigenvalue weighted by atomic mass is 10.1. The molecule has 2 nitrogen and oxygen atoms in total. The van der Waals surface area contributed by atoms with Gasteiger partial charge < -0.3 is 4.74 Å². The summed E-state index contributed by atoms with van der Waals surface area (Å²) in [6.45, 7) is 6.96. The molecule has 0 bridgehead atoms. The van der Waals surface area contributed by atoms with E-state index in [-0.39, 0.29) is 0 Å². The number of aromatic nitrogens is 1. The molecule has 0 radical (unpaired) electrons. The SMILES string of the molecule is Cc1cc(Br)ncc1CCOC(C)C. The average Bonchev–Trinajstić information content (AvgIpc) is 2.08. The van der Waals surface area contributed by atoms with E-state index in [2.05, 4.69) is 27.8 Å². The van der Waals surface area contributed by atoms with Gasteiger partial charge in [-0.15, -0.1) is 0 Å². The average molecular weight is 258 g/mol. The maximum Gasteiger partial charge on any atom is 0.106 e. The Bertz CT molecular complexity index is 299. The van der Waals surface area contributed by atoms with Crippen LogP contribution in [0.15, 0.2) is 16.9 Å². The Labute approximate surface area is 93.8 Å². The van der Waals surface area contributed by atoms with E-state index in [1.807, 2.05) is 26.1 Å². The Balaban J connectivity index is 2.51. The maximum absolute atomic E-state index is 5.49.